The number of carbonyl (C=O) groups excluding carboxylic acids is 3. The highest BCUT2D eigenvalue weighted by Gasteiger charge is 2.25. The molecule has 120 valence electrons. The van der Waals surface area contributed by atoms with Crippen LogP contribution in [0.15, 0.2) is 28.7 Å². The summed E-state index contributed by atoms with van der Waals surface area (Å²) < 4.78 is 0.607. The Morgan fingerprint density at radius 1 is 1.23 bits per heavy atom. The lowest BCUT2D eigenvalue weighted by molar-refractivity contribution is -0.124. The van der Waals surface area contributed by atoms with Crippen LogP contribution in [-0.2, 0) is 4.79 Å². The molecular weight excluding hydrogens is 352 g/mol. The first-order valence-corrected chi connectivity index (χ1v) is 7.56. The van der Waals surface area contributed by atoms with E-state index in [4.69, 9.17) is 5.73 Å². The normalized spacial score (nSPS) is 12.9. The summed E-state index contributed by atoms with van der Waals surface area (Å²) in [4.78, 5) is 35.1. The molecule has 8 heteroatoms. The van der Waals surface area contributed by atoms with E-state index in [1.165, 1.54) is 0 Å². The number of nitrogens with two attached hydrogens (primary N) is 1. The summed E-state index contributed by atoms with van der Waals surface area (Å²) in [5.74, 6) is -1.13. The van der Waals surface area contributed by atoms with Gasteiger partial charge in [-0.1, -0.05) is 32.4 Å². The van der Waals surface area contributed by atoms with E-state index in [9.17, 15) is 14.4 Å². The minimum absolute atomic E-state index is 0.132. The third-order valence-electron chi connectivity index (χ3n) is 3.21. The smallest absolute Gasteiger partial charge is 0.312 e. The zero-order valence-electron chi connectivity index (χ0n) is 12.4. The van der Waals surface area contributed by atoms with Crippen LogP contribution >= 0.6 is 15.9 Å². The van der Waals surface area contributed by atoms with E-state index in [2.05, 4.69) is 32.1 Å². The Balaban J connectivity index is 2.68. The average molecular weight is 371 g/mol. The maximum atomic E-state index is 12.1. The number of urea groups is 1. The fourth-order valence-corrected chi connectivity index (χ4v) is 2.23. The molecule has 0 unspecified atom stereocenters. The lowest BCUT2D eigenvalue weighted by Crippen LogP contribution is -2.55. The summed E-state index contributed by atoms with van der Waals surface area (Å²) in [6, 6.07) is 5.19. The van der Waals surface area contributed by atoms with Crippen molar-refractivity contribution >= 4 is 33.8 Å². The van der Waals surface area contributed by atoms with Gasteiger partial charge in [-0.25, -0.2) is 4.79 Å². The second-order valence-corrected chi connectivity index (χ2v) is 5.65. The van der Waals surface area contributed by atoms with Crippen molar-refractivity contribution in [1.82, 2.24) is 16.2 Å². The first-order valence-electron chi connectivity index (χ1n) is 6.77. The van der Waals surface area contributed by atoms with Gasteiger partial charge in [-0.3, -0.25) is 20.4 Å². The fraction of sp³-hybridized carbons (Fsp3) is 0.357. The third kappa shape index (κ3) is 5.03. The van der Waals surface area contributed by atoms with Gasteiger partial charge in [0.15, 0.2) is 0 Å². The van der Waals surface area contributed by atoms with E-state index >= 15 is 0 Å². The van der Waals surface area contributed by atoms with Gasteiger partial charge in [-0.2, -0.15) is 0 Å². The van der Waals surface area contributed by atoms with Crippen LogP contribution in [0.3, 0.4) is 0 Å². The summed E-state index contributed by atoms with van der Waals surface area (Å²) >= 11 is 3.25. The van der Waals surface area contributed by atoms with Gasteiger partial charge in [0, 0.05) is 4.47 Å². The van der Waals surface area contributed by atoms with E-state index in [-0.39, 0.29) is 5.92 Å². The van der Waals surface area contributed by atoms with Crippen LogP contribution in [0.1, 0.15) is 30.6 Å². The molecule has 1 rings (SSSR count). The molecule has 0 fully saturated rings. The maximum Gasteiger partial charge on any atom is 0.312 e. The van der Waals surface area contributed by atoms with Crippen LogP contribution < -0.4 is 21.9 Å². The summed E-state index contributed by atoms with van der Waals surface area (Å²) in [7, 11) is 0. The Morgan fingerprint density at radius 3 is 2.41 bits per heavy atom. The molecule has 1 aromatic rings. The minimum Gasteiger partial charge on any atom is -0.352 e. The Kier molecular flexibility index (Phi) is 6.84. The average Bonchev–Trinajstić information content (AvgIpc) is 2.49. The monoisotopic (exact) mass is 370 g/mol. The number of amides is 4. The highest BCUT2D eigenvalue weighted by Crippen LogP contribution is 2.15. The van der Waals surface area contributed by atoms with Crippen molar-refractivity contribution in [3.8, 4) is 0 Å². The predicted molar refractivity (Wildman–Crippen MR) is 85.7 cm³/mol. The molecule has 0 saturated heterocycles. The Hall–Kier alpha value is -2.09. The lowest BCUT2D eigenvalue weighted by atomic mass is 9.99. The Bertz CT molecular complexity index is 565. The van der Waals surface area contributed by atoms with E-state index in [1.54, 1.807) is 31.2 Å². The van der Waals surface area contributed by atoms with Crippen LogP contribution in [-0.4, -0.2) is 23.9 Å². The predicted octanol–water partition coefficient (Wildman–Crippen LogP) is 1.29. The maximum absolute atomic E-state index is 12.1. The molecule has 0 heterocycles. The van der Waals surface area contributed by atoms with Gasteiger partial charge in [0.1, 0.15) is 6.04 Å². The van der Waals surface area contributed by atoms with Gasteiger partial charge in [-0.05, 0) is 34.0 Å². The van der Waals surface area contributed by atoms with Gasteiger partial charge in [-0.15, -0.1) is 0 Å². The highest BCUT2D eigenvalue weighted by atomic mass is 79.9. The van der Waals surface area contributed by atoms with Crippen molar-refractivity contribution < 1.29 is 14.4 Å². The summed E-state index contributed by atoms with van der Waals surface area (Å²) in [6.07, 6.45) is 0.663. The number of halogens is 1. The molecule has 0 saturated carbocycles. The Morgan fingerprint density at radius 2 is 1.86 bits per heavy atom. The second kappa shape index (κ2) is 8.38. The zero-order valence-corrected chi connectivity index (χ0v) is 13.9. The van der Waals surface area contributed by atoms with E-state index < -0.39 is 23.9 Å². The highest BCUT2D eigenvalue weighted by molar-refractivity contribution is 9.10. The Labute approximate surface area is 137 Å². The van der Waals surface area contributed by atoms with Crippen LogP contribution in [0.2, 0.25) is 0 Å². The molecule has 5 N–H and O–H groups in total. The van der Waals surface area contributed by atoms with Gasteiger partial charge in [0.25, 0.3) is 11.8 Å². The topological polar surface area (TPSA) is 113 Å². The zero-order chi connectivity index (χ0) is 16.7. The largest absolute Gasteiger partial charge is 0.352 e. The van der Waals surface area contributed by atoms with Crippen molar-refractivity contribution in [3.05, 3.63) is 34.3 Å². The third-order valence-corrected chi connectivity index (χ3v) is 3.90. The van der Waals surface area contributed by atoms with Gasteiger partial charge >= 0.3 is 6.03 Å². The number of hydrogen-bond donors (Lipinski definition) is 4. The van der Waals surface area contributed by atoms with E-state index in [1.807, 2.05) is 6.92 Å². The first kappa shape index (κ1) is 18.0. The molecule has 0 spiro atoms. The van der Waals surface area contributed by atoms with Crippen molar-refractivity contribution in [2.75, 3.05) is 0 Å². The van der Waals surface area contributed by atoms with Gasteiger partial charge < -0.3 is 11.1 Å². The molecule has 1 aromatic carbocycles. The molecule has 0 aliphatic rings. The van der Waals surface area contributed by atoms with Crippen LogP contribution in [0.25, 0.3) is 0 Å². The minimum atomic E-state index is -0.818. The van der Waals surface area contributed by atoms with Gasteiger partial charge in [0.2, 0.25) is 0 Å². The molecule has 0 aromatic heterocycles. The number of hydrogen-bond acceptors (Lipinski definition) is 3. The number of hydrazine groups is 1. The SMILES string of the molecule is CC[C@H](C)[C@H](NC(N)=O)C(=O)NNC(=O)c1ccccc1Br. The molecule has 7 nitrogen and oxygen atoms in total. The molecule has 4 amide bonds. The van der Waals surface area contributed by atoms with Crippen molar-refractivity contribution in [3.63, 3.8) is 0 Å². The standard InChI is InChI=1S/C14H19BrN4O3/c1-3-8(2)11(17-14(16)22)13(21)19-18-12(20)9-6-4-5-7-10(9)15/h4-8,11H,3H2,1-2H3,(H,18,20)(H,19,21)(H3,16,17,22)/t8-,11-/m0/s1. The molecular formula is C14H19BrN4O3. The molecule has 0 radical (unpaired) electrons. The first-order chi connectivity index (χ1) is 10.4. The summed E-state index contributed by atoms with van der Waals surface area (Å²) in [5, 5.41) is 2.37. The summed E-state index contributed by atoms with van der Waals surface area (Å²) in [5.41, 5.74) is 10.1. The number of carbonyl (C=O) groups is 3. The number of primary amides is 1. The fourth-order valence-electron chi connectivity index (χ4n) is 1.76. The molecule has 22 heavy (non-hydrogen) atoms. The van der Waals surface area contributed by atoms with Crippen molar-refractivity contribution in [2.24, 2.45) is 11.7 Å². The van der Waals surface area contributed by atoms with E-state index in [0.29, 0.717) is 16.5 Å². The number of rotatable bonds is 5. The second-order valence-electron chi connectivity index (χ2n) is 4.80. The van der Waals surface area contributed by atoms with Crippen LogP contribution in [0.4, 0.5) is 4.79 Å². The quantitative estimate of drug-likeness (QED) is 0.585. The molecule has 2 atom stereocenters. The number of benzene rings is 1. The number of nitrogens with one attached hydrogen (secondary N) is 3. The van der Waals surface area contributed by atoms with Gasteiger partial charge in [0.05, 0.1) is 5.56 Å². The molecule has 0 bridgehead atoms. The van der Waals surface area contributed by atoms with Crippen molar-refractivity contribution in [2.45, 2.75) is 26.3 Å². The molecule has 0 aliphatic heterocycles. The van der Waals surface area contributed by atoms with Crippen LogP contribution in [0, 0.1) is 5.92 Å². The summed E-state index contributed by atoms with van der Waals surface area (Å²) in [6.45, 7) is 3.68. The van der Waals surface area contributed by atoms with Crippen LogP contribution in [0.5, 0.6) is 0 Å². The van der Waals surface area contributed by atoms with Crippen molar-refractivity contribution in [1.29, 1.82) is 0 Å². The van der Waals surface area contributed by atoms with E-state index in [0.717, 1.165) is 0 Å². The molecule has 0 aliphatic carbocycles. The lowest BCUT2D eigenvalue weighted by Gasteiger charge is -2.22.